The van der Waals surface area contributed by atoms with Gasteiger partial charge in [-0.05, 0) is 25.2 Å². The first-order valence-electron chi connectivity index (χ1n) is 6.49. The van der Waals surface area contributed by atoms with Gasteiger partial charge in [0.05, 0.1) is 5.92 Å². The Hall–Kier alpha value is -0.900. The van der Waals surface area contributed by atoms with Crippen LogP contribution in [0.2, 0.25) is 0 Å². The zero-order valence-corrected chi connectivity index (χ0v) is 11.6. The molecule has 0 radical (unpaired) electrons. The molecule has 98 valence electrons. The van der Waals surface area contributed by atoms with Crippen LogP contribution in [0.25, 0.3) is 0 Å². The summed E-state index contributed by atoms with van der Waals surface area (Å²) in [6, 6.07) is 0.0356. The van der Waals surface area contributed by atoms with Crippen LogP contribution in [-0.4, -0.2) is 16.2 Å². The van der Waals surface area contributed by atoms with Gasteiger partial charge < -0.3 is 10.3 Å². The third kappa shape index (κ3) is 4.11. The smallest absolute Gasteiger partial charge is 0.231 e. The lowest BCUT2D eigenvalue weighted by Crippen LogP contribution is -2.28. The van der Waals surface area contributed by atoms with Crippen LogP contribution in [0.3, 0.4) is 0 Å². The summed E-state index contributed by atoms with van der Waals surface area (Å²) in [6.45, 7) is 10.6. The molecule has 1 aromatic rings. The zero-order chi connectivity index (χ0) is 13.0. The van der Waals surface area contributed by atoms with E-state index in [1.54, 1.807) is 0 Å². The highest BCUT2D eigenvalue weighted by molar-refractivity contribution is 4.99. The molecule has 0 saturated heterocycles. The van der Waals surface area contributed by atoms with Crippen LogP contribution >= 0.6 is 0 Å². The van der Waals surface area contributed by atoms with E-state index in [0.29, 0.717) is 17.7 Å². The van der Waals surface area contributed by atoms with E-state index >= 15 is 0 Å². The Bertz CT molecular complexity index is 323. The van der Waals surface area contributed by atoms with Crippen LogP contribution in [0.5, 0.6) is 0 Å². The maximum Gasteiger partial charge on any atom is 0.231 e. The predicted molar refractivity (Wildman–Crippen MR) is 68.7 cm³/mol. The highest BCUT2D eigenvalue weighted by Gasteiger charge is 2.26. The molecule has 0 bridgehead atoms. The summed E-state index contributed by atoms with van der Waals surface area (Å²) in [5.74, 6) is 2.71. The van der Waals surface area contributed by atoms with Gasteiger partial charge in [0.15, 0.2) is 5.82 Å². The quantitative estimate of drug-likeness (QED) is 0.829. The van der Waals surface area contributed by atoms with Crippen molar-refractivity contribution in [2.24, 2.45) is 17.6 Å². The second-order valence-corrected chi connectivity index (χ2v) is 5.61. The number of hydrogen-bond donors (Lipinski definition) is 1. The molecule has 17 heavy (non-hydrogen) atoms. The fourth-order valence-corrected chi connectivity index (χ4v) is 2.04. The average Bonchev–Trinajstić information content (AvgIpc) is 2.62. The molecule has 2 N–H and O–H groups in total. The van der Waals surface area contributed by atoms with Gasteiger partial charge in [0.1, 0.15) is 0 Å². The molecule has 0 amide bonds. The molecule has 0 spiro atoms. The van der Waals surface area contributed by atoms with E-state index in [4.69, 9.17) is 10.3 Å². The van der Waals surface area contributed by atoms with Gasteiger partial charge in [-0.1, -0.05) is 32.9 Å². The van der Waals surface area contributed by atoms with Crippen molar-refractivity contribution < 1.29 is 4.52 Å². The minimum atomic E-state index is 0.0356. The molecule has 2 atom stereocenters. The summed E-state index contributed by atoms with van der Waals surface area (Å²) in [5, 5.41) is 4.03. The first kappa shape index (κ1) is 14.2. The SMILES string of the molecule is CC(C)CCc1noc(C(C(C)C)C(C)N)n1. The van der Waals surface area contributed by atoms with Crippen LogP contribution in [0, 0.1) is 11.8 Å². The number of aryl methyl sites for hydroxylation is 1. The van der Waals surface area contributed by atoms with E-state index in [1.807, 2.05) is 6.92 Å². The van der Waals surface area contributed by atoms with Crippen LogP contribution < -0.4 is 5.73 Å². The van der Waals surface area contributed by atoms with Gasteiger partial charge in [0.2, 0.25) is 5.89 Å². The molecule has 0 aliphatic carbocycles. The average molecular weight is 239 g/mol. The van der Waals surface area contributed by atoms with Gasteiger partial charge in [-0.15, -0.1) is 0 Å². The molecule has 0 aromatic carbocycles. The van der Waals surface area contributed by atoms with Crippen molar-refractivity contribution in [2.45, 2.75) is 59.4 Å². The van der Waals surface area contributed by atoms with Crippen LogP contribution in [-0.2, 0) is 6.42 Å². The van der Waals surface area contributed by atoms with E-state index in [-0.39, 0.29) is 12.0 Å². The summed E-state index contributed by atoms with van der Waals surface area (Å²) >= 11 is 0. The normalized spacial score (nSPS) is 15.5. The van der Waals surface area contributed by atoms with E-state index in [9.17, 15) is 0 Å². The number of nitrogens with zero attached hydrogens (tertiary/aromatic N) is 2. The van der Waals surface area contributed by atoms with Crippen molar-refractivity contribution in [3.8, 4) is 0 Å². The fourth-order valence-electron chi connectivity index (χ4n) is 2.04. The molecule has 0 saturated carbocycles. The van der Waals surface area contributed by atoms with Gasteiger partial charge >= 0.3 is 0 Å². The van der Waals surface area contributed by atoms with Crippen LogP contribution in [0.15, 0.2) is 4.52 Å². The lowest BCUT2D eigenvalue weighted by atomic mass is 9.90. The molecular weight excluding hydrogens is 214 g/mol. The van der Waals surface area contributed by atoms with E-state index < -0.39 is 0 Å². The fraction of sp³-hybridized carbons (Fsp3) is 0.846. The number of nitrogens with two attached hydrogens (primary N) is 1. The molecule has 0 aliphatic rings. The Morgan fingerprint density at radius 3 is 2.29 bits per heavy atom. The minimum Gasteiger partial charge on any atom is -0.339 e. The summed E-state index contributed by atoms with van der Waals surface area (Å²) in [6.07, 6.45) is 1.97. The standard InChI is InChI=1S/C13H25N3O/c1-8(2)6-7-11-15-13(17-16-11)12(9(3)4)10(5)14/h8-10,12H,6-7,14H2,1-5H3. The molecule has 1 heterocycles. The Morgan fingerprint density at radius 1 is 1.18 bits per heavy atom. The van der Waals surface area contributed by atoms with Crippen LogP contribution in [0.1, 0.15) is 58.7 Å². The highest BCUT2D eigenvalue weighted by Crippen LogP contribution is 2.25. The molecule has 1 rings (SSSR count). The topological polar surface area (TPSA) is 64.9 Å². The Morgan fingerprint density at radius 2 is 1.82 bits per heavy atom. The van der Waals surface area contributed by atoms with E-state index in [0.717, 1.165) is 18.7 Å². The molecule has 0 aliphatic heterocycles. The molecule has 4 heteroatoms. The van der Waals surface area contributed by atoms with Crippen molar-refractivity contribution in [1.82, 2.24) is 10.1 Å². The Labute approximate surface area is 104 Å². The van der Waals surface area contributed by atoms with Crippen molar-refractivity contribution in [1.29, 1.82) is 0 Å². The highest BCUT2D eigenvalue weighted by atomic mass is 16.5. The second-order valence-electron chi connectivity index (χ2n) is 5.61. The van der Waals surface area contributed by atoms with Crippen molar-refractivity contribution in [2.75, 3.05) is 0 Å². The lowest BCUT2D eigenvalue weighted by molar-refractivity contribution is 0.298. The van der Waals surface area contributed by atoms with Gasteiger partial charge in [0.25, 0.3) is 0 Å². The van der Waals surface area contributed by atoms with E-state index in [1.165, 1.54) is 0 Å². The third-order valence-electron chi connectivity index (χ3n) is 3.00. The zero-order valence-electron chi connectivity index (χ0n) is 11.6. The first-order chi connectivity index (χ1) is 7.91. The van der Waals surface area contributed by atoms with Gasteiger partial charge in [-0.25, -0.2) is 0 Å². The monoisotopic (exact) mass is 239 g/mol. The summed E-state index contributed by atoms with van der Waals surface area (Å²) in [4.78, 5) is 4.47. The Kier molecular flexibility index (Phi) is 5.12. The van der Waals surface area contributed by atoms with Crippen molar-refractivity contribution in [3.05, 3.63) is 11.7 Å². The van der Waals surface area contributed by atoms with Crippen LogP contribution in [0.4, 0.5) is 0 Å². The second kappa shape index (κ2) is 6.15. The molecule has 4 nitrogen and oxygen atoms in total. The lowest BCUT2D eigenvalue weighted by Gasteiger charge is -2.20. The summed E-state index contributed by atoms with van der Waals surface area (Å²) in [5.41, 5.74) is 5.97. The molecule has 1 aromatic heterocycles. The minimum absolute atomic E-state index is 0.0356. The number of hydrogen-bond acceptors (Lipinski definition) is 4. The van der Waals surface area contributed by atoms with E-state index in [2.05, 4.69) is 37.8 Å². The maximum atomic E-state index is 5.97. The maximum absolute atomic E-state index is 5.97. The Balaban J connectivity index is 2.71. The molecular formula is C13H25N3O. The van der Waals surface area contributed by atoms with Crippen molar-refractivity contribution >= 4 is 0 Å². The first-order valence-corrected chi connectivity index (χ1v) is 6.49. The van der Waals surface area contributed by atoms with Crippen molar-refractivity contribution in [3.63, 3.8) is 0 Å². The molecule has 0 fully saturated rings. The summed E-state index contributed by atoms with van der Waals surface area (Å²) < 4.78 is 5.34. The molecule has 2 unspecified atom stereocenters. The van der Waals surface area contributed by atoms with Gasteiger partial charge in [-0.3, -0.25) is 0 Å². The van der Waals surface area contributed by atoms with Gasteiger partial charge in [0, 0.05) is 12.5 Å². The number of aromatic nitrogens is 2. The number of rotatable bonds is 6. The van der Waals surface area contributed by atoms with Gasteiger partial charge in [-0.2, -0.15) is 4.98 Å². The largest absolute Gasteiger partial charge is 0.339 e. The summed E-state index contributed by atoms with van der Waals surface area (Å²) in [7, 11) is 0. The predicted octanol–water partition coefficient (Wildman–Crippen LogP) is 2.75. The third-order valence-corrected chi connectivity index (χ3v) is 3.00.